The molecule has 23 heavy (non-hydrogen) atoms. The number of amides is 2. The molecular formula is C17H31F3N2O. The van der Waals surface area contributed by atoms with Crippen LogP contribution < -0.4 is 5.32 Å². The van der Waals surface area contributed by atoms with E-state index in [1.165, 1.54) is 19.3 Å². The Morgan fingerprint density at radius 2 is 1.91 bits per heavy atom. The second kappa shape index (κ2) is 9.38. The molecule has 136 valence electrons. The van der Waals surface area contributed by atoms with Crippen molar-refractivity contribution in [1.29, 1.82) is 0 Å². The number of alkyl halides is 3. The fourth-order valence-electron chi connectivity index (χ4n) is 3.54. The zero-order valence-electron chi connectivity index (χ0n) is 14.6. The van der Waals surface area contributed by atoms with Crippen LogP contribution in [-0.2, 0) is 0 Å². The Bertz CT molecular complexity index is 360. The molecule has 1 saturated heterocycles. The number of carbonyl (C=O) groups excluding carboxylic acids is 1. The minimum atomic E-state index is -4.34. The second-order valence-corrected chi connectivity index (χ2v) is 6.66. The van der Waals surface area contributed by atoms with Crippen LogP contribution in [0.3, 0.4) is 0 Å². The van der Waals surface area contributed by atoms with Crippen LogP contribution in [0, 0.1) is 11.8 Å². The molecule has 0 aromatic heterocycles. The fourth-order valence-corrected chi connectivity index (χ4v) is 3.54. The van der Waals surface area contributed by atoms with E-state index in [-0.39, 0.29) is 18.5 Å². The fraction of sp³-hybridized carbons (Fsp3) is 0.941. The van der Waals surface area contributed by atoms with Gasteiger partial charge < -0.3 is 10.2 Å². The number of hydrogen-bond donors (Lipinski definition) is 1. The summed E-state index contributed by atoms with van der Waals surface area (Å²) in [6.45, 7) is 5.31. The van der Waals surface area contributed by atoms with Gasteiger partial charge in [0.15, 0.2) is 0 Å². The van der Waals surface area contributed by atoms with E-state index in [1.54, 1.807) is 0 Å². The van der Waals surface area contributed by atoms with Gasteiger partial charge in [-0.15, -0.1) is 0 Å². The first-order valence-corrected chi connectivity index (χ1v) is 8.94. The second-order valence-electron chi connectivity index (χ2n) is 6.66. The summed E-state index contributed by atoms with van der Waals surface area (Å²) in [5.41, 5.74) is 0. The van der Waals surface area contributed by atoms with E-state index in [2.05, 4.69) is 19.2 Å². The normalized spacial score (nSPS) is 23.7. The number of hydrogen-bond acceptors (Lipinski definition) is 1. The van der Waals surface area contributed by atoms with Gasteiger partial charge in [-0.25, -0.2) is 4.79 Å². The molecule has 1 aliphatic rings. The minimum absolute atomic E-state index is 0.00334. The van der Waals surface area contributed by atoms with Crippen molar-refractivity contribution in [3.63, 3.8) is 0 Å². The molecule has 1 rings (SSSR count). The number of unbranched alkanes of at least 4 members (excludes halogenated alkanes) is 3. The molecule has 0 aliphatic carbocycles. The van der Waals surface area contributed by atoms with E-state index >= 15 is 0 Å². The van der Waals surface area contributed by atoms with Crippen molar-refractivity contribution in [2.45, 2.75) is 77.9 Å². The summed E-state index contributed by atoms with van der Waals surface area (Å²) in [6.07, 6.45) is 3.14. The maximum Gasteiger partial charge on any atom is 0.406 e. The molecule has 1 heterocycles. The quantitative estimate of drug-likeness (QED) is 0.593. The van der Waals surface area contributed by atoms with Crippen LogP contribution in [0.5, 0.6) is 0 Å². The molecular weight excluding hydrogens is 305 g/mol. The standard InChI is InChI=1S/C17H31F3N2O/c1-4-7-8-9-10-13(5-2)15-14(6-3)11-22(16(23)21-15)12-17(18,19)20/h13-15H,4-12H2,1-3H3,(H,21,23). The van der Waals surface area contributed by atoms with Crippen molar-refractivity contribution >= 4 is 6.03 Å². The molecule has 0 saturated carbocycles. The van der Waals surface area contributed by atoms with E-state index in [0.717, 1.165) is 30.6 Å². The molecule has 0 spiro atoms. The summed E-state index contributed by atoms with van der Waals surface area (Å²) in [5.74, 6) is 0.444. The van der Waals surface area contributed by atoms with Crippen LogP contribution in [0.2, 0.25) is 0 Å². The zero-order chi connectivity index (χ0) is 17.5. The Morgan fingerprint density at radius 3 is 2.43 bits per heavy atom. The lowest BCUT2D eigenvalue weighted by Crippen LogP contribution is -2.60. The summed E-state index contributed by atoms with van der Waals surface area (Å²) in [4.78, 5) is 13.0. The number of nitrogens with zero attached hydrogens (tertiary/aromatic N) is 1. The van der Waals surface area contributed by atoms with Crippen molar-refractivity contribution in [1.82, 2.24) is 10.2 Å². The third-order valence-electron chi connectivity index (χ3n) is 4.90. The number of halogens is 3. The van der Waals surface area contributed by atoms with Gasteiger partial charge in [-0.05, 0) is 24.7 Å². The lowest BCUT2D eigenvalue weighted by Gasteiger charge is -2.42. The van der Waals surface area contributed by atoms with Gasteiger partial charge in [0.05, 0.1) is 0 Å². The molecule has 6 heteroatoms. The highest BCUT2D eigenvalue weighted by Crippen LogP contribution is 2.29. The van der Waals surface area contributed by atoms with Gasteiger partial charge in [0.1, 0.15) is 6.54 Å². The van der Waals surface area contributed by atoms with Gasteiger partial charge in [-0.3, -0.25) is 0 Å². The van der Waals surface area contributed by atoms with E-state index in [1.807, 2.05) is 6.92 Å². The Labute approximate surface area is 138 Å². The van der Waals surface area contributed by atoms with E-state index in [4.69, 9.17) is 0 Å². The Hall–Kier alpha value is -0.940. The monoisotopic (exact) mass is 336 g/mol. The molecule has 3 nitrogen and oxygen atoms in total. The predicted molar refractivity (Wildman–Crippen MR) is 86.3 cm³/mol. The van der Waals surface area contributed by atoms with Crippen LogP contribution in [0.15, 0.2) is 0 Å². The van der Waals surface area contributed by atoms with Crippen LogP contribution in [-0.4, -0.2) is 36.2 Å². The molecule has 0 aromatic rings. The molecule has 3 atom stereocenters. The highest BCUT2D eigenvalue weighted by Gasteiger charge is 2.40. The Morgan fingerprint density at radius 1 is 1.22 bits per heavy atom. The third kappa shape index (κ3) is 6.60. The van der Waals surface area contributed by atoms with Crippen LogP contribution in [0.25, 0.3) is 0 Å². The van der Waals surface area contributed by atoms with Crippen LogP contribution >= 0.6 is 0 Å². The van der Waals surface area contributed by atoms with Crippen LogP contribution in [0.1, 0.15) is 65.7 Å². The Balaban J connectivity index is 2.65. The van der Waals surface area contributed by atoms with Gasteiger partial charge in [0, 0.05) is 12.6 Å². The SMILES string of the molecule is CCCCCCC(CC)C1NC(=O)N(CC(F)(F)F)CC1CC. The molecule has 0 bridgehead atoms. The average Bonchev–Trinajstić information content (AvgIpc) is 2.48. The molecule has 1 N–H and O–H groups in total. The van der Waals surface area contributed by atoms with Crippen molar-refractivity contribution in [3.8, 4) is 0 Å². The first-order chi connectivity index (χ1) is 10.8. The van der Waals surface area contributed by atoms with E-state index in [9.17, 15) is 18.0 Å². The summed E-state index contributed by atoms with van der Waals surface area (Å²) >= 11 is 0. The molecule has 3 unspecified atom stereocenters. The number of nitrogens with one attached hydrogen (secondary N) is 1. The van der Waals surface area contributed by atoms with Gasteiger partial charge in [-0.2, -0.15) is 13.2 Å². The van der Waals surface area contributed by atoms with Crippen molar-refractivity contribution in [2.75, 3.05) is 13.1 Å². The number of urea groups is 1. The minimum Gasteiger partial charge on any atom is -0.335 e. The van der Waals surface area contributed by atoms with Gasteiger partial charge in [-0.1, -0.05) is 52.9 Å². The van der Waals surface area contributed by atoms with Gasteiger partial charge in [0.25, 0.3) is 0 Å². The molecule has 0 radical (unpaired) electrons. The van der Waals surface area contributed by atoms with Gasteiger partial charge >= 0.3 is 12.2 Å². The first kappa shape index (κ1) is 20.1. The van der Waals surface area contributed by atoms with Gasteiger partial charge in [0.2, 0.25) is 0 Å². The highest BCUT2D eigenvalue weighted by atomic mass is 19.4. The molecule has 2 amide bonds. The maximum absolute atomic E-state index is 12.6. The zero-order valence-corrected chi connectivity index (χ0v) is 14.6. The number of carbonyl (C=O) groups is 1. The van der Waals surface area contributed by atoms with E-state index < -0.39 is 18.8 Å². The lowest BCUT2D eigenvalue weighted by atomic mass is 9.80. The summed E-state index contributed by atoms with van der Waals surface area (Å²) in [6, 6.07) is -0.562. The average molecular weight is 336 g/mol. The molecule has 0 aromatic carbocycles. The summed E-state index contributed by atoms with van der Waals surface area (Å²) in [7, 11) is 0. The van der Waals surface area contributed by atoms with Crippen molar-refractivity contribution in [3.05, 3.63) is 0 Å². The Kier molecular flexibility index (Phi) is 8.20. The highest BCUT2D eigenvalue weighted by molar-refractivity contribution is 5.75. The molecule has 1 aliphatic heterocycles. The van der Waals surface area contributed by atoms with E-state index in [0.29, 0.717) is 5.92 Å². The van der Waals surface area contributed by atoms with Crippen LogP contribution in [0.4, 0.5) is 18.0 Å². The topological polar surface area (TPSA) is 32.3 Å². The largest absolute Gasteiger partial charge is 0.406 e. The number of rotatable bonds is 9. The smallest absolute Gasteiger partial charge is 0.335 e. The lowest BCUT2D eigenvalue weighted by molar-refractivity contribution is -0.143. The maximum atomic E-state index is 12.6. The summed E-state index contributed by atoms with van der Waals surface area (Å²) in [5, 5.41) is 2.87. The molecule has 1 fully saturated rings. The predicted octanol–water partition coefficient (Wildman–Crippen LogP) is 4.97. The van der Waals surface area contributed by atoms with Crippen molar-refractivity contribution < 1.29 is 18.0 Å². The van der Waals surface area contributed by atoms with Crippen molar-refractivity contribution in [2.24, 2.45) is 11.8 Å². The first-order valence-electron chi connectivity index (χ1n) is 8.94. The summed E-state index contributed by atoms with van der Waals surface area (Å²) < 4.78 is 37.8. The third-order valence-corrected chi connectivity index (χ3v) is 4.90.